The van der Waals surface area contributed by atoms with Crippen LogP contribution in [-0.2, 0) is 9.59 Å². The maximum absolute atomic E-state index is 12.7. The van der Waals surface area contributed by atoms with Gasteiger partial charge in [-0.25, -0.2) is 0 Å². The van der Waals surface area contributed by atoms with Crippen LogP contribution >= 0.6 is 0 Å². The lowest BCUT2D eigenvalue weighted by molar-refractivity contribution is -0.468. The van der Waals surface area contributed by atoms with E-state index in [0.29, 0.717) is 14.8 Å². The van der Waals surface area contributed by atoms with Gasteiger partial charge in [-0.2, -0.15) is 0 Å². The second kappa shape index (κ2) is 8.51. The van der Waals surface area contributed by atoms with Crippen molar-refractivity contribution < 1.29 is 18.8 Å². The molecule has 0 aliphatic carbocycles. The first-order valence-corrected chi connectivity index (χ1v) is 9.84. The number of carbonyl (C=O) groups is 3. The fraction of sp³-hybridized carbons (Fsp3) is 0.261. The molecule has 0 fully saturated rings. The van der Waals surface area contributed by atoms with Crippen LogP contribution in [0.25, 0.3) is 11.0 Å². The van der Waals surface area contributed by atoms with Gasteiger partial charge in [0.1, 0.15) is 5.52 Å². The second-order valence-electron chi connectivity index (χ2n) is 7.68. The lowest BCUT2D eigenvalue weighted by atomic mass is 9.98. The zero-order valence-corrected chi connectivity index (χ0v) is 17.8. The average molecular weight is 421 g/mol. The number of amides is 1. The van der Waals surface area contributed by atoms with Crippen molar-refractivity contribution >= 4 is 34.2 Å². The Kier molecular flexibility index (Phi) is 6.01. The normalized spacial score (nSPS) is 11.0. The number of aromatic nitrogens is 2. The van der Waals surface area contributed by atoms with E-state index in [0.717, 1.165) is 11.1 Å². The monoisotopic (exact) mass is 421 g/mol. The van der Waals surface area contributed by atoms with Gasteiger partial charge in [0.05, 0.1) is 16.5 Å². The molecule has 8 nitrogen and oxygen atoms in total. The highest BCUT2D eigenvalue weighted by Gasteiger charge is 2.30. The van der Waals surface area contributed by atoms with E-state index in [4.69, 9.17) is 0 Å². The van der Waals surface area contributed by atoms with E-state index in [9.17, 15) is 24.5 Å². The molecule has 0 saturated carbocycles. The van der Waals surface area contributed by atoms with Gasteiger partial charge in [-0.15, -0.1) is 0 Å². The summed E-state index contributed by atoms with van der Waals surface area (Å²) in [5.41, 5.74) is 1.71. The molecule has 160 valence electrons. The molecule has 1 N–H and O–H groups in total. The van der Waals surface area contributed by atoms with Crippen LogP contribution in [0.1, 0.15) is 53.5 Å². The number of para-hydroxylation sites is 3. The van der Waals surface area contributed by atoms with Crippen LogP contribution in [-0.4, -0.2) is 22.2 Å². The van der Waals surface area contributed by atoms with E-state index >= 15 is 0 Å². The molecule has 0 saturated heterocycles. The third kappa shape index (κ3) is 4.09. The summed E-state index contributed by atoms with van der Waals surface area (Å²) in [6.07, 6.45) is -0.823. The first-order valence-electron chi connectivity index (χ1n) is 9.84. The largest absolute Gasteiger partial charge is 0.805 e. The van der Waals surface area contributed by atoms with Crippen LogP contribution in [0.2, 0.25) is 0 Å². The summed E-state index contributed by atoms with van der Waals surface area (Å²) >= 11 is 0. The van der Waals surface area contributed by atoms with Crippen molar-refractivity contribution in [3.8, 4) is 0 Å². The van der Waals surface area contributed by atoms with Crippen molar-refractivity contribution in [1.29, 1.82) is 0 Å². The molecular formula is C23H23N3O5. The lowest BCUT2D eigenvalue weighted by Crippen LogP contribution is -2.33. The molecule has 1 amide bonds. The molecule has 0 unspecified atom stereocenters. The summed E-state index contributed by atoms with van der Waals surface area (Å²) in [7, 11) is 0. The van der Waals surface area contributed by atoms with E-state index in [1.54, 1.807) is 12.1 Å². The fourth-order valence-electron chi connectivity index (χ4n) is 3.50. The Balaban J connectivity index is 1.88. The molecule has 3 aromatic rings. The third-order valence-corrected chi connectivity index (χ3v) is 5.17. The van der Waals surface area contributed by atoms with Crippen LogP contribution in [0.5, 0.6) is 0 Å². The highest BCUT2D eigenvalue weighted by atomic mass is 16.5. The summed E-state index contributed by atoms with van der Waals surface area (Å²) in [6.45, 7) is 7.06. The summed E-state index contributed by atoms with van der Waals surface area (Å²) in [5, 5.41) is 15.0. The zero-order valence-electron chi connectivity index (χ0n) is 17.8. The number of anilines is 1. The fourth-order valence-corrected chi connectivity index (χ4v) is 3.50. The minimum Gasteiger partial charge on any atom is -0.805 e. The number of nitrogens with zero attached hydrogens (tertiary/aromatic N) is 2. The van der Waals surface area contributed by atoms with E-state index in [-0.39, 0.29) is 22.6 Å². The van der Waals surface area contributed by atoms with E-state index < -0.39 is 29.6 Å². The SMILES string of the molecule is Cc1cccc(C(C)C)c1NC(=O)C(=O)CC(=O)c1c(C)n([O-])c2ccccc2[n+]1=O. The van der Waals surface area contributed by atoms with Gasteiger partial charge in [0.15, 0.2) is 0 Å². The standard InChI is InChI=1S/C23H23N3O5/c1-13(2)16-9-7-8-14(3)21(16)24-23(29)20(28)12-19(27)22-15(4)25(30)17-10-5-6-11-18(17)26(22)31/h5-11,13H,12H2,1-4H3,(H,24,29). The molecule has 0 radical (unpaired) electrons. The van der Waals surface area contributed by atoms with Gasteiger partial charge in [0.25, 0.3) is 11.4 Å². The molecule has 1 aromatic heterocycles. The van der Waals surface area contributed by atoms with E-state index in [1.807, 2.05) is 39.0 Å². The smallest absolute Gasteiger partial charge is 0.325 e. The second-order valence-corrected chi connectivity index (χ2v) is 7.68. The molecule has 0 bridgehead atoms. The van der Waals surface area contributed by atoms with E-state index in [1.165, 1.54) is 19.1 Å². The molecule has 0 aliphatic rings. The van der Waals surface area contributed by atoms with Crippen molar-refractivity contribution in [3.05, 3.63) is 75.1 Å². The Morgan fingerprint density at radius 3 is 2.42 bits per heavy atom. The number of rotatable bonds is 6. The van der Waals surface area contributed by atoms with Crippen molar-refractivity contribution in [2.45, 2.75) is 40.0 Å². The maximum atomic E-state index is 12.7. The number of hydrogen-bond donors (Lipinski definition) is 1. The quantitative estimate of drug-likeness (QED) is 0.283. The number of benzene rings is 2. The summed E-state index contributed by atoms with van der Waals surface area (Å²) in [4.78, 5) is 50.4. The van der Waals surface area contributed by atoms with Crippen LogP contribution in [0.3, 0.4) is 0 Å². The number of Topliss-reactive ketones (excluding diaryl/α,β-unsaturated/α-hetero) is 2. The third-order valence-electron chi connectivity index (χ3n) is 5.17. The first-order chi connectivity index (χ1) is 14.6. The molecule has 2 aromatic carbocycles. The Morgan fingerprint density at radius 2 is 1.74 bits per heavy atom. The van der Waals surface area contributed by atoms with Gasteiger partial charge in [-0.3, -0.25) is 14.4 Å². The molecule has 0 aliphatic heterocycles. The van der Waals surface area contributed by atoms with Gasteiger partial charge >= 0.3 is 5.69 Å². The van der Waals surface area contributed by atoms with Gasteiger partial charge in [-0.1, -0.05) is 44.2 Å². The highest BCUT2D eigenvalue weighted by molar-refractivity contribution is 6.44. The topological polar surface area (TPSA) is 114 Å². The Hall–Kier alpha value is -3.81. The number of ketones is 2. The Bertz CT molecular complexity index is 1270. The predicted molar refractivity (Wildman–Crippen MR) is 117 cm³/mol. The molecule has 3 rings (SSSR count). The predicted octanol–water partition coefficient (Wildman–Crippen LogP) is 3.42. The van der Waals surface area contributed by atoms with Gasteiger partial charge < -0.3 is 15.3 Å². The average Bonchev–Trinajstić information content (AvgIpc) is 2.73. The van der Waals surface area contributed by atoms with E-state index in [2.05, 4.69) is 5.32 Å². The molecular weight excluding hydrogens is 398 g/mol. The van der Waals surface area contributed by atoms with Crippen LogP contribution in [0.15, 0.2) is 42.5 Å². The van der Waals surface area contributed by atoms with Crippen molar-refractivity contribution in [3.63, 3.8) is 0 Å². The van der Waals surface area contributed by atoms with Crippen LogP contribution < -0.4 is 9.74 Å². The summed E-state index contributed by atoms with van der Waals surface area (Å²) in [5.74, 6) is -2.72. The summed E-state index contributed by atoms with van der Waals surface area (Å²) in [6, 6.07) is 11.6. The molecule has 8 heteroatoms. The molecule has 0 atom stereocenters. The number of hydrogen-bond acceptors (Lipinski definition) is 5. The van der Waals surface area contributed by atoms with Gasteiger partial charge in [0, 0.05) is 16.7 Å². The Morgan fingerprint density at radius 1 is 1.06 bits per heavy atom. The molecule has 1 heterocycles. The minimum atomic E-state index is -0.993. The molecule has 0 spiro atoms. The molecule has 31 heavy (non-hydrogen) atoms. The maximum Gasteiger partial charge on any atom is 0.325 e. The number of fused-ring (bicyclic) bond motifs is 1. The van der Waals surface area contributed by atoms with Gasteiger partial charge in [-0.05, 0) is 37.0 Å². The van der Waals surface area contributed by atoms with Crippen molar-refractivity contribution in [2.24, 2.45) is 0 Å². The van der Waals surface area contributed by atoms with Crippen molar-refractivity contribution in [1.82, 2.24) is 4.73 Å². The lowest BCUT2D eigenvalue weighted by Gasteiger charge is -2.16. The van der Waals surface area contributed by atoms with Crippen molar-refractivity contribution in [2.75, 3.05) is 5.32 Å². The summed E-state index contributed by atoms with van der Waals surface area (Å²) < 4.78 is 0.814. The van der Waals surface area contributed by atoms with Gasteiger partial charge in [0.2, 0.25) is 11.6 Å². The highest BCUT2D eigenvalue weighted by Crippen LogP contribution is 2.27. The van der Waals surface area contributed by atoms with Crippen LogP contribution in [0.4, 0.5) is 5.69 Å². The minimum absolute atomic E-state index is 0.00448. The number of aryl methyl sites for hydroxylation is 1. The first kappa shape index (κ1) is 21.9. The zero-order chi connectivity index (χ0) is 22.9. The Labute approximate surface area is 178 Å². The number of carbonyl (C=O) groups excluding carboxylic acids is 3. The van der Waals surface area contributed by atoms with Crippen LogP contribution in [0, 0.1) is 24.0 Å². The number of nitrogens with one attached hydrogen (secondary N) is 1.